The molecule has 0 radical (unpaired) electrons. The fourth-order valence-corrected chi connectivity index (χ4v) is 5.19. The zero-order valence-corrected chi connectivity index (χ0v) is 18.4. The summed E-state index contributed by atoms with van der Waals surface area (Å²) >= 11 is 1.50. The van der Waals surface area contributed by atoms with Gasteiger partial charge in [0, 0.05) is 37.2 Å². The van der Waals surface area contributed by atoms with Crippen molar-refractivity contribution >= 4 is 32.5 Å². The molecule has 1 aliphatic rings. The molecule has 4 aromatic rings. The average molecular weight is 437 g/mol. The number of hydrogen-bond donors (Lipinski definition) is 1. The molecule has 6 nitrogen and oxygen atoms in total. The zero-order valence-electron chi connectivity index (χ0n) is 17.6. The molecular formula is C24H24N2O4S. The molecule has 3 heterocycles. The van der Waals surface area contributed by atoms with E-state index in [4.69, 9.17) is 14.1 Å². The van der Waals surface area contributed by atoms with Crippen molar-refractivity contribution in [2.24, 2.45) is 0 Å². The summed E-state index contributed by atoms with van der Waals surface area (Å²) < 4.78 is 12.7. The van der Waals surface area contributed by atoms with Crippen LogP contribution in [-0.2, 0) is 17.7 Å². The van der Waals surface area contributed by atoms with Gasteiger partial charge in [-0.2, -0.15) is 0 Å². The van der Waals surface area contributed by atoms with Crippen molar-refractivity contribution in [2.75, 3.05) is 26.3 Å². The Balaban J connectivity index is 1.70. The summed E-state index contributed by atoms with van der Waals surface area (Å²) in [4.78, 5) is 20.6. The van der Waals surface area contributed by atoms with Gasteiger partial charge < -0.3 is 14.3 Å². The van der Waals surface area contributed by atoms with Crippen LogP contribution in [-0.4, -0.2) is 41.3 Å². The third-order valence-electron chi connectivity index (χ3n) is 5.87. The highest BCUT2D eigenvalue weighted by atomic mass is 32.1. The molecule has 1 aliphatic heterocycles. The highest BCUT2D eigenvalue weighted by molar-refractivity contribution is 7.21. The number of para-hydroxylation sites is 1. The number of aromatic hydroxyl groups is 1. The van der Waals surface area contributed by atoms with E-state index in [0.29, 0.717) is 59.0 Å². The number of nitrogens with zero attached hydrogens (tertiary/aromatic N) is 2. The van der Waals surface area contributed by atoms with Gasteiger partial charge in [0.25, 0.3) is 0 Å². The summed E-state index contributed by atoms with van der Waals surface area (Å²) in [5, 5.41) is 12.0. The van der Waals surface area contributed by atoms with E-state index in [9.17, 15) is 9.90 Å². The minimum atomic E-state index is -0.0940. The van der Waals surface area contributed by atoms with E-state index in [2.05, 4.69) is 4.90 Å². The van der Waals surface area contributed by atoms with Crippen LogP contribution in [0.25, 0.3) is 31.8 Å². The van der Waals surface area contributed by atoms with Crippen LogP contribution < -0.4 is 5.43 Å². The molecule has 0 bridgehead atoms. The topological polar surface area (TPSA) is 75.8 Å². The first-order valence-electron chi connectivity index (χ1n) is 10.5. The number of ether oxygens (including phenoxy) is 1. The zero-order chi connectivity index (χ0) is 21.5. The van der Waals surface area contributed by atoms with E-state index >= 15 is 0 Å². The van der Waals surface area contributed by atoms with Crippen molar-refractivity contribution in [3.05, 3.63) is 57.4 Å². The number of hydrogen-bond acceptors (Lipinski definition) is 7. The van der Waals surface area contributed by atoms with Gasteiger partial charge in [-0.15, -0.1) is 11.3 Å². The van der Waals surface area contributed by atoms with Crippen LogP contribution in [0.5, 0.6) is 5.75 Å². The van der Waals surface area contributed by atoms with Crippen molar-refractivity contribution in [1.29, 1.82) is 0 Å². The normalized spacial score (nSPS) is 15.2. The highest BCUT2D eigenvalue weighted by Crippen LogP contribution is 2.36. The Hall–Kier alpha value is -2.74. The molecule has 1 fully saturated rings. The molecule has 1 N–H and O–H groups in total. The van der Waals surface area contributed by atoms with Gasteiger partial charge >= 0.3 is 0 Å². The van der Waals surface area contributed by atoms with E-state index in [0.717, 1.165) is 28.9 Å². The Morgan fingerprint density at radius 1 is 1.23 bits per heavy atom. The Kier molecular flexibility index (Phi) is 5.25. The lowest BCUT2D eigenvalue weighted by Gasteiger charge is -2.27. The maximum Gasteiger partial charge on any atom is 0.203 e. The fraction of sp³-hybridized carbons (Fsp3) is 0.333. The van der Waals surface area contributed by atoms with E-state index in [1.54, 1.807) is 13.0 Å². The lowest BCUT2D eigenvalue weighted by atomic mass is 10.0. The first kappa shape index (κ1) is 20.2. The molecular weight excluding hydrogens is 412 g/mol. The molecule has 5 rings (SSSR count). The summed E-state index contributed by atoms with van der Waals surface area (Å²) in [6, 6.07) is 9.66. The van der Waals surface area contributed by atoms with Crippen molar-refractivity contribution in [3.8, 4) is 16.3 Å². The Labute approximate surface area is 183 Å². The third-order valence-corrected chi connectivity index (χ3v) is 6.92. The van der Waals surface area contributed by atoms with Crippen molar-refractivity contribution in [3.63, 3.8) is 0 Å². The Bertz CT molecular complexity index is 1300. The third kappa shape index (κ3) is 3.52. The molecule has 0 aliphatic carbocycles. The van der Waals surface area contributed by atoms with E-state index in [1.165, 1.54) is 11.3 Å². The summed E-state index contributed by atoms with van der Waals surface area (Å²) in [6.07, 6.45) is 0.562. The molecule has 31 heavy (non-hydrogen) atoms. The van der Waals surface area contributed by atoms with Gasteiger partial charge in [-0.1, -0.05) is 19.1 Å². The summed E-state index contributed by atoms with van der Waals surface area (Å²) in [7, 11) is 0. The first-order chi connectivity index (χ1) is 15.1. The minimum absolute atomic E-state index is 0.0940. The quantitative estimate of drug-likeness (QED) is 0.508. The SMILES string of the molecule is CCc1oc2c(C)c(O)c(CN3CCOCC3)cc2c(=O)c1-c1nc2ccccc2s1. The predicted molar refractivity (Wildman–Crippen MR) is 123 cm³/mol. The molecule has 0 unspecified atom stereocenters. The van der Waals surface area contributed by atoms with Crippen LogP contribution in [0.4, 0.5) is 0 Å². The van der Waals surface area contributed by atoms with Crippen molar-refractivity contribution < 1.29 is 14.3 Å². The molecule has 0 saturated carbocycles. The number of benzene rings is 2. The largest absolute Gasteiger partial charge is 0.507 e. The number of aromatic nitrogens is 1. The van der Waals surface area contributed by atoms with Crippen LogP contribution >= 0.6 is 11.3 Å². The van der Waals surface area contributed by atoms with E-state index in [1.807, 2.05) is 31.2 Å². The standard InChI is InChI=1S/C24H24N2O4S/c1-3-18-20(24-25-17-6-4-5-7-19(17)31-24)22(28)16-12-15(13-26-8-10-29-11-9-26)21(27)14(2)23(16)30-18/h4-7,12,27H,3,8-11,13H2,1-2H3. The van der Waals surface area contributed by atoms with Gasteiger partial charge in [0.15, 0.2) is 0 Å². The summed E-state index contributed by atoms with van der Waals surface area (Å²) in [5.74, 6) is 0.789. The second-order valence-corrected chi connectivity index (χ2v) is 8.87. The fourth-order valence-electron chi connectivity index (χ4n) is 4.16. The van der Waals surface area contributed by atoms with Crippen LogP contribution in [0.2, 0.25) is 0 Å². The van der Waals surface area contributed by atoms with Crippen molar-refractivity contribution in [1.82, 2.24) is 9.88 Å². The molecule has 7 heteroatoms. The van der Waals surface area contributed by atoms with Crippen LogP contribution in [0.1, 0.15) is 23.8 Å². The van der Waals surface area contributed by atoms with Gasteiger partial charge in [-0.3, -0.25) is 9.69 Å². The van der Waals surface area contributed by atoms with E-state index in [-0.39, 0.29) is 11.2 Å². The minimum Gasteiger partial charge on any atom is -0.507 e. The number of rotatable bonds is 4. The van der Waals surface area contributed by atoms with Gasteiger partial charge in [0.2, 0.25) is 5.43 Å². The van der Waals surface area contributed by atoms with E-state index < -0.39 is 0 Å². The molecule has 1 saturated heterocycles. The molecule has 0 atom stereocenters. The second kappa shape index (κ2) is 8.07. The highest BCUT2D eigenvalue weighted by Gasteiger charge is 2.23. The number of morpholine rings is 1. The van der Waals surface area contributed by atoms with Crippen molar-refractivity contribution in [2.45, 2.75) is 26.8 Å². The second-order valence-electron chi connectivity index (χ2n) is 7.84. The van der Waals surface area contributed by atoms with Gasteiger partial charge in [0.05, 0.1) is 34.4 Å². The molecule has 0 amide bonds. The molecule has 0 spiro atoms. The lowest BCUT2D eigenvalue weighted by Crippen LogP contribution is -2.35. The van der Waals surface area contributed by atoms with Crippen LogP contribution in [0.3, 0.4) is 0 Å². The average Bonchev–Trinajstić information content (AvgIpc) is 3.22. The first-order valence-corrected chi connectivity index (χ1v) is 11.4. The smallest absolute Gasteiger partial charge is 0.203 e. The summed E-state index contributed by atoms with van der Waals surface area (Å²) in [5.41, 5.74) is 3.10. The number of aryl methyl sites for hydroxylation is 2. The maximum absolute atomic E-state index is 13.7. The Morgan fingerprint density at radius 3 is 2.74 bits per heavy atom. The number of phenols is 1. The number of thiazole rings is 1. The van der Waals surface area contributed by atoms with Crippen LogP contribution in [0.15, 0.2) is 39.5 Å². The predicted octanol–water partition coefficient (Wildman–Crippen LogP) is 4.48. The number of fused-ring (bicyclic) bond motifs is 2. The Morgan fingerprint density at radius 2 is 2.00 bits per heavy atom. The molecule has 2 aromatic heterocycles. The van der Waals surface area contributed by atoms with Gasteiger partial charge in [-0.05, 0) is 25.1 Å². The molecule has 2 aromatic carbocycles. The number of phenolic OH excluding ortho intramolecular Hbond substituents is 1. The van der Waals surface area contributed by atoms with Gasteiger partial charge in [-0.25, -0.2) is 4.98 Å². The molecule has 160 valence electrons. The van der Waals surface area contributed by atoms with Gasteiger partial charge in [0.1, 0.15) is 22.1 Å². The lowest BCUT2D eigenvalue weighted by molar-refractivity contribution is 0.0339. The maximum atomic E-state index is 13.7. The van der Waals surface area contributed by atoms with Crippen LogP contribution in [0, 0.1) is 6.92 Å². The monoisotopic (exact) mass is 436 g/mol. The summed E-state index contributed by atoms with van der Waals surface area (Å²) in [6.45, 7) is 7.29.